The molecule has 0 bridgehead atoms. The molecule has 1 radical (unpaired) electrons. The largest absolute Gasteiger partial charge is 0.120 e. The summed E-state index contributed by atoms with van der Waals surface area (Å²) < 4.78 is 0. The van der Waals surface area contributed by atoms with Crippen molar-refractivity contribution in [2.45, 2.75) is 20.3 Å². The third kappa shape index (κ3) is 3.39. The molecule has 7 heavy (non-hydrogen) atoms. The Kier molecular flexibility index (Phi) is 3.50. The summed E-state index contributed by atoms with van der Waals surface area (Å²) in [6, 6.07) is 0. The molecular formula is C7H11. The van der Waals surface area contributed by atoms with Gasteiger partial charge in [0, 0.05) is 5.92 Å². The lowest BCUT2D eigenvalue weighted by molar-refractivity contribution is 0.739. The average Bonchev–Trinajstić information content (AvgIpc) is 1.68. The first-order valence-electron chi connectivity index (χ1n) is 2.55. The van der Waals surface area contributed by atoms with Crippen molar-refractivity contribution in [1.29, 1.82) is 0 Å². The van der Waals surface area contributed by atoms with Crippen LogP contribution in [0, 0.1) is 24.7 Å². The van der Waals surface area contributed by atoms with Crippen LogP contribution in [0.4, 0.5) is 0 Å². The summed E-state index contributed by atoms with van der Waals surface area (Å²) in [6.45, 7) is 4.06. The molecule has 0 aliphatic heterocycles. The molecule has 0 nitrogen and oxygen atoms in total. The molecule has 1 atom stereocenters. The molecule has 0 saturated carbocycles. The Hall–Kier alpha value is -0.440. The van der Waals surface area contributed by atoms with Crippen LogP contribution in [-0.4, -0.2) is 0 Å². The van der Waals surface area contributed by atoms with Crippen molar-refractivity contribution in [2.75, 3.05) is 0 Å². The Morgan fingerprint density at radius 3 is 2.57 bits per heavy atom. The first-order valence-corrected chi connectivity index (χ1v) is 2.55. The van der Waals surface area contributed by atoms with Crippen LogP contribution >= 0.6 is 0 Å². The van der Waals surface area contributed by atoms with Crippen molar-refractivity contribution >= 4 is 0 Å². The second-order valence-electron chi connectivity index (χ2n) is 1.71. The maximum absolute atomic E-state index is 5.09. The van der Waals surface area contributed by atoms with Crippen molar-refractivity contribution in [3.05, 3.63) is 6.42 Å². The van der Waals surface area contributed by atoms with Crippen LogP contribution in [0.25, 0.3) is 0 Å². The van der Waals surface area contributed by atoms with E-state index in [1.807, 2.05) is 13.8 Å². The van der Waals surface area contributed by atoms with Crippen molar-refractivity contribution in [1.82, 2.24) is 0 Å². The van der Waals surface area contributed by atoms with Crippen molar-refractivity contribution < 1.29 is 0 Å². The van der Waals surface area contributed by atoms with E-state index in [2.05, 4.69) is 12.3 Å². The first-order chi connectivity index (χ1) is 3.31. The molecule has 0 fully saturated rings. The Balaban J connectivity index is 3.04. The van der Waals surface area contributed by atoms with Gasteiger partial charge in [-0.3, -0.25) is 0 Å². The zero-order valence-electron chi connectivity index (χ0n) is 4.94. The minimum Gasteiger partial charge on any atom is -0.120 e. The Morgan fingerprint density at radius 2 is 2.43 bits per heavy atom. The molecule has 0 aliphatic carbocycles. The molecule has 0 aliphatic rings. The third-order valence-electron chi connectivity index (χ3n) is 0.874. The second kappa shape index (κ2) is 3.74. The van der Waals surface area contributed by atoms with Gasteiger partial charge < -0.3 is 0 Å². The fourth-order valence-electron chi connectivity index (χ4n) is 0.422. The van der Waals surface area contributed by atoms with Crippen LogP contribution in [0.15, 0.2) is 0 Å². The van der Waals surface area contributed by atoms with Crippen LogP contribution in [-0.2, 0) is 0 Å². The van der Waals surface area contributed by atoms with Crippen molar-refractivity contribution in [3.8, 4) is 12.3 Å². The molecular weight excluding hydrogens is 84.1 g/mol. The van der Waals surface area contributed by atoms with Gasteiger partial charge in [0.05, 0.1) is 0 Å². The Morgan fingerprint density at radius 1 is 1.86 bits per heavy atom. The van der Waals surface area contributed by atoms with Gasteiger partial charge in [-0.1, -0.05) is 13.8 Å². The van der Waals surface area contributed by atoms with Crippen LogP contribution in [0.2, 0.25) is 0 Å². The predicted octanol–water partition coefficient (Wildman–Crippen LogP) is 1.87. The maximum Gasteiger partial charge on any atom is 0.0174 e. The van der Waals surface area contributed by atoms with E-state index < -0.39 is 0 Å². The number of hydrogen-bond acceptors (Lipinski definition) is 0. The third-order valence-corrected chi connectivity index (χ3v) is 0.874. The maximum atomic E-state index is 5.09. The zero-order valence-corrected chi connectivity index (χ0v) is 4.94. The van der Waals surface area contributed by atoms with E-state index in [4.69, 9.17) is 6.42 Å². The van der Waals surface area contributed by atoms with Crippen LogP contribution in [0.1, 0.15) is 20.3 Å². The molecule has 0 heterocycles. The van der Waals surface area contributed by atoms with Gasteiger partial charge in [0.2, 0.25) is 0 Å². The molecule has 0 aromatic rings. The lowest BCUT2D eigenvalue weighted by atomic mass is 10.1. The van der Waals surface area contributed by atoms with E-state index >= 15 is 0 Å². The van der Waals surface area contributed by atoms with Gasteiger partial charge in [-0.2, -0.15) is 0 Å². The van der Waals surface area contributed by atoms with Gasteiger partial charge in [-0.05, 0) is 12.8 Å². The molecule has 0 amide bonds. The summed E-state index contributed by atoms with van der Waals surface area (Å²) in [5.74, 6) is 3.06. The van der Waals surface area contributed by atoms with Gasteiger partial charge in [0.25, 0.3) is 0 Å². The molecule has 0 spiro atoms. The summed E-state index contributed by atoms with van der Waals surface area (Å²) in [6.07, 6.45) is 8.21. The summed E-state index contributed by atoms with van der Waals surface area (Å²) in [4.78, 5) is 0. The lowest BCUT2D eigenvalue weighted by Crippen LogP contribution is -1.86. The van der Waals surface area contributed by atoms with Gasteiger partial charge in [0.1, 0.15) is 0 Å². The number of hydrogen-bond donors (Lipinski definition) is 0. The van der Waals surface area contributed by atoms with Gasteiger partial charge in [-0.15, -0.1) is 12.3 Å². The van der Waals surface area contributed by atoms with Gasteiger partial charge in [-0.25, -0.2) is 0 Å². The van der Waals surface area contributed by atoms with Crippen molar-refractivity contribution in [3.63, 3.8) is 0 Å². The fraction of sp³-hybridized carbons (Fsp3) is 0.571. The monoisotopic (exact) mass is 95.1 g/mol. The quantitative estimate of drug-likeness (QED) is 0.459. The predicted molar refractivity (Wildman–Crippen MR) is 32.6 cm³/mol. The highest BCUT2D eigenvalue weighted by Gasteiger charge is 1.90. The molecule has 0 rings (SSSR count). The summed E-state index contributed by atoms with van der Waals surface area (Å²) in [7, 11) is 0. The van der Waals surface area contributed by atoms with Crippen LogP contribution in [0.3, 0.4) is 0 Å². The van der Waals surface area contributed by atoms with Crippen LogP contribution < -0.4 is 0 Å². The smallest absolute Gasteiger partial charge is 0.0174 e. The molecule has 0 heteroatoms. The minimum atomic E-state index is 0.421. The minimum absolute atomic E-state index is 0.421. The van der Waals surface area contributed by atoms with E-state index in [0.29, 0.717) is 5.92 Å². The number of rotatable bonds is 2. The van der Waals surface area contributed by atoms with E-state index in [9.17, 15) is 0 Å². The molecule has 0 aromatic heterocycles. The highest BCUT2D eigenvalue weighted by atomic mass is 13.9. The first kappa shape index (κ1) is 6.56. The van der Waals surface area contributed by atoms with E-state index in [1.165, 1.54) is 0 Å². The van der Waals surface area contributed by atoms with E-state index in [-0.39, 0.29) is 0 Å². The molecule has 39 valence electrons. The molecule has 0 saturated heterocycles. The molecule has 0 aromatic carbocycles. The van der Waals surface area contributed by atoms with Crippen LogP contribution in [0.5, 0.6) is 0 Å². The Labute approximate surface area is 45.9 Å². The second-order valence-corrected chi connectivity index (χ2v) is 1.71. The average molecular weight is 95.2 g/mol. The summed E-state index contributed by atoms with van der Waals surface area (Å²) in [5, 5.41) is 0. The number of terminal acetylenes is 1. The highest BCUT2D eigenvalue weighted by Crippen LogP contribution is 1.99. The fourth-order valence-corrected chi connectivity index (χ4v) is 0.422. The summed E-state index contributed by atoms with van der Waals surface area (Å²) in [5.41, 5.74) is 0. The van der Waals surface area contributed by atoms with Gasteiger partial charge in [0.15, 0.2) is 0 Å². The highest BCUT2D eigenvalue weighted by molar-refractivity contribution is 4.91. The SMILES string of the molecule is C#CC(C)C[CH]C. The molecule has 0 N–H and O–H groups in total. The van der Waals surface area contributed by atoms with Gasteiger partial charge >= 0.3 is 0 Å². The topological polar surface area (TPSA) is 0 Å². The lowest BCUT2D eigenvalue weighted by Gasteiger charge is -1.95. The Bertz CT molecular complexity index is 66.6. The summed E-state index contributed by atoms with van der Waals surface area (Å²) >= 11 is 0. The van der Waals surface area contributed by atoms with Crippen molar-refractivity contribution in [2.24, 2.45) is 5.92 Å². The van der Waals surface area contributed by atoms with E-state index in [1.54, 1.807) is 0 Å². The standard InChI is InChI=1S/C7H11/c1-4-6-7(3)5-2/h2,4,7H,6H2,1,3H3. The normalized spacial score (nSPS) is 12.7. The zero-order chi connectivity index (χ0) is 5.70. The molecule has 1 unspecified atom stereocenters. The van der Waals surface area contributed by atoms with E-state index in [0.717, 1.165) is 6.42 Å².